The number of rotatable bonds is 6. The summed E-state index contributed by atoms with van der Waals surface area (Å²) in [5, 5.41) is 3.34. The molecule has 1 amide bonds. The highest BCUT2D eigenvalue weighted by molar-refractivity contribution is 6.05. The number of anilines is 2. The van der Waals surface area contributed by atoms with Gasteiger partial charge in [0.1, 0.15) is 5.69 Å². The maximum Gasteiger partial charge on any atom is 0.276 e. The van der Waals surface area contributed by atoms with Crippen LogP contribution < -0.4 is 10.2 Å². The van der Waals surface area contributed by atoms with Gasteiger partial charge in [0.05, 0.1) is 0 Å². The van der Waals surface area contributed by atoms with Gasteiger partial charge in [-0.25, -0.2) is 0 Å². The molecule has 2 aromatic carbocycles. The molecule has 0 aliphatic rings. The Morgan fingerprint density at radius 2 is 1.68 bits per heavy atom. The summed E-state index contributed by atoms with van der Waals surface area (Å²) in [6.45, 7) is 3.25. The third kappa shape index (κ3) is 4.23. The molecule has 4 heteroatoms. The van der Waals surface area contributed by atoms with Gasteiger partial charge >= 0.3 is 0 Å². The first-order valence-electron chi connectivity index (χ1n) is 8.38. The molecule has 0 aliphatic heterocycles. The Bertz CT molecular complexity index is 819. The molecule has 1 heterocycles. The Labute approximate surface area is 148 Å². The van der Waals surface area contributed by atoms with E-state index in [9.17, 15) is 4.79 Å². The summed E-state index contributed by atoms with van der Waals surface area (Å²) in [6.07, 6.45) is 1.67. The lowest BCUT2D eigenvalue weighted by atomic mass is 10.2. The van der Waals surface area contributed by atoms with Crippen LogP contribution in [-0.4, -0.2) is 17.4 Å². The molecule has 1 N–H and O–H groups in total. The molecular weight excluding hydrogens is 310 g/mol. The Hall–Kier alpha value is -3.14. The number of hydrogen-bond donors (Lipinski definition) is 1. The summed E-state index contributed by atoms with van der Waals surface area (Å²) in [4.78, 5) is 18.8. The van der Waals surface area contributed by atoms with Gasteiger partial charge in [0, 0.05) is 30.7 Å². The monoisotopic (exact) mass is 331 g/mol. The highest BCUT2D eigenvalue weighted by Crippen LogP contribution is 2.17. The molecule has 0 saturated carbocycles. The van der Waals surface area contributed by atoms with E-state index >= 15 is 0 Å². The first kappa shape index (κ1) is 16.7. The summed E-state index contributed by atoms with van der Waals surface area (Å²) in [5.41, 5.74) is 3.38. The second-order valence-electron chi connectivity index (χ2n) is 5.65. The van der Waals surface area contributed by atoms with Crippen LogP contribution in [0.15, 0.2) is 79.0 Å². The fourth-order valence-corrected chi connectivity index (χ4v) is 2.65. The van der Waals surface area contributed by atoms with Gasteiger partial charge in [0.25, 0.3) is 5.91 Å². The lowest BCUT2D eigenvalue weighted by molar-refractivity contribution is 0.0983. The maximum atomic E-state index is 12.8. The van der Waals surface area contributed by atoms with Gasteiger partial charge in [0.15, 0.2) is 0 Å². The van der Waals surface area contributed by atoms with Gasteiger partial charge in [-0.2, -0.15) is 0 Å². The summed E-state index contributed by atoms with van der Waals surface area (Å²) in [5.74, 6) is -0.0999. The van der Waals surface area contributed by atoms with Crippen LogP contribution in [-0.2, 0) is 6.54 Å². The molecule has 3 aromatic rings. The van der Waals surface area contributed by atoms with Gasteiger partial charge < -0.3 is 10.2 Å². The van der Waals surface area contributed by atoms with E-state index < -0.39 is 0 Å². The van der Waals surface area contributed by atoms with Crippen LogP contribution in [0, 0.1) is 0 Å². The minimum absolute atomic E-state index is 0.0999. The highest BCUT2D eigenvalue weighted by Gasteiger charge is 2.17. The summed E-state index contributed by atoms with van der Waals surface area (Å²) in [6, 6.07) is 23.5. The summed E-state index contributed by atoms with van der Waals surface area (Å²) in [7, 11) is 0. The number of nitrogens with zero attached hydrogens (tertiary/aromatic N) is 2. The van der Waals surface area contributed by atoms with Crippen molar-refractivity contribution >= 4 is 17.3 Å². The van der Waals surface area contributed by atoms with Crippen LogP contribution in [0.1, 0.15) is 23.0 Å². The van der Waals surface area contributed by atoms with Crippen LogP contribution in [0.3, 0.4) is 0 Å². The van der Waals surface area contributed by atoms with Crippen molar-refractivity contribution in [2.45, 2.75) is 13.5 Å². The molecule has 0 radical (unpaired) electrons. The number of aromatic nitrogens is 1. The number of pyridine rings is 1. The largest absolute Gasteiger partial charge is 0.381 e. The normalized spacial score (nSPS) is 10.3. The lowest BCUT2D eigenvalue weighted by Gasteiger charge is -2.20. The topological polar surface area (TPSA) is 45.2 Å². The molecule has 0 atom stereocenters. The maximum absolute atomic E-state index is 12.8. The zero-order valence-electron chi connectivity index (χ0n) is 14.2. The van der Waals surface area contributed by atoms with E-state index in [0.29, 0.717) is 18.8 Å². The Morgan fingerprint density at radius 3 is 2.36 bits per heavy atom. The molecule has 126 valence electrons. The van der Waals surface area contributed by atoms with Gasteiger partial charge in [-0.1, -0.05) is 48.5 Å². The fourth-order valence-electron chi connectivity index (χ4n) is 2.65. The van der Waals surface area contributed by atoms with E-state index in [0.717, 1.165) is 11.4 Å². The van der Waals surface area contributed by atoms with Crippen molar-refractivity contribution in [3.05, 3.63) is 90.3 Å². The molecule has 0 bridgehead atoms. The van der Waals surface area contributed by atoms with E-state index in [1.54, 1.807) is 17.2 Å². The average molecular weight is 331 g/mol. The third-order valence-corrected chi connectivity index (χ3v) is 3.95. The molecule has 25 heavy (non-hydrogen) atoms. The number of benzene rings is 2. The standard InChI is InChI=1S/C21H21N3O/c1-2-24(19-11-7-4-8-12-19)21(25)20-15-18(13-14-22-20)23-16-17-9-5-3-6-10-17/h3-15H,2,16H2,1H3,(H,22,23). The van der Waals surface area contributed by atoms with Crippen molar-refractivity contribution in [3.63, 3.8) is 0 Å². The molecule has 0 unspecified atom stereocenters. The first-order chi connectivity index (χ1) is 12.3. The van der Waals surface area contributed by atoms with Crippen LogP contribution in [0.5, 0.6) is 0 Å². The van der Waals surface area contributed by atoms with Crippen LogP contribution in [0.2, 0.25) is 0 Å². The Balaban J connectivity index is 1.75. The zero-order valence-corrected chi connectivity index (χ0v) is 14.2. The van der Waals surface area contributed by atoms with Crippen molar-refractivity contribution in [1.29, 1.82) is 0 Å². The summed E-state index contributed by atoms with van der Waals surface area (Å²) < 4.78 is 0. The summed E-state index contributed by atoms with van der Waals surface area (Å²) >= 11 is 0. The molecule has 0 fully saturated rings. The molecule has 3 rings (SSSR count). The third-order valence-electron chi connectivity index (χ3n) is 3.95. The smallest absolute Gasteiger partial charge is 0.276 e. The molecule has 4 nitrogen and oxygen atoms in total. The van der Waals surface area contributed by atoms with Crippen molar-refractivity contribution < 1.29 is 4.79 Å². The quantitative estimate of drug-likeness (QED) is 0.730. The van der Waals surface area contributed by atoms with Gasteiger partial charge in [-0.05, 0) is 36.8 Å². The van der Waals surface area contributed by atoms with E-state index in [4.69, 9.17) is 0 Å². The SMILES string of the molecule is CCN(C(=O)c1cc(NCc2ccccc2)ccn1)c1ccccc1. The van der Waals surface area contributed by atoms with E-state index in [2.05, 4.69) is 22.4 Å². The van der Waals surface area contributed by atoms with E-state index in [1.165, 1.54) is 5.56 Å². The second kappa shape index (κ2) is 8.11. The number of amides is 1. The van der Waals surface area contributed by atoms with E-state index in [1.807, 2.05) is 61.5 Å². The number of para-hydroxylation sites is 1. The molecule has 0 spiro atoms. The number of carbonyl (C=O) groups excluding carboxylic acids is 1. The van der Waals surface area contributed by atoms with E-state index in [-0.39, 0.29) is 5.91 Å². The predicted octanol–water partition coefficient (Wildman–Crippen LogP) is 4.36. The van der Waals surface area contributed by atoms with Crippen molar-refractivity contribution in [1.82, 2.24) is 4.98 Å². The van der Waals surface area contributed by atoms with Crippen molar-refractivity contribution in [2.75, 3.05) is 16.8 Å². The van der Waals surface area contributed by atoms with Crippen molar-refractivity contribution in [3.8, 4) is 0 Å². The highest BCUT2D eigenvalue weighted by atomic mass is 16.2. The minimum Gasteiger partial charge on any atom is -0.381 e. The number of nitrogens with one attached hydrogen (secondary N) is 1. The van der Waals surface area contributed by atoms with Gasteiger partial charge in [-0.3, -0.25) is 9.78 Å². The molecule has 0 saturated heterocycles. The van der Waals surface area contributed by atoms with Gasteiger partial charge in [0.2, 0.25) is 0 Å². The van der Waals surface area contributed by atoms with Crippen molar-refractivity contribution in [2.24, 2.45) is 0 Å². The van der Waals surface area contributed by atoms with Crippen LogP contribution in [0.4, 0.5) is 11.4 Å². The second-order valence-corrected chi connectivity index (χ2v) is 5.65. The molecule has 0 aliphatic carbocycles. The molecular formula is C21H21N3O. The lowest BCUT2D eigenvalue weighted by Crippen LogP contribution is -2.31. The first-order valence-corrected chi connectivity index (χ1v) is 8.38. The zero-order chi connectivity index (χ0) is 17.5. The van der Waals surface area contributed by atoms with Crippen LogP contribution >= 0.6 is 0 Å². The Morgan fingerprint density at radius 1 is 1.00 bits per heavy atom. The average Bonchev–Trinajstić information content (AvgIpc) is 2.69. The van der Waals surface area contributed by atoms with Crippen LogP contribution in [0.25, 0.3) is 0 Å². The van der Waals surface area contributed by atoms with Gasteiger partial charge in [-0.15, -0.1) is 0 Å². The molecule has 1 aromatic heterocycles. The number of hydrogen-bond acceptors (Lipinski definition) is 3. The predicted molar refractivity (Wildman–Crippen MR) is 102 cm³/mol. The fraction of sp³-hybridized carbons (Fsp3) is 0.143. The number of carbonyl (C=O) groups is 1. The Kier molecular flexibility index (Phi) is 5.42. The minimum atomic E-state index is -0.0999.